The molecule has 1 aliphatic heterocycles. The maximum Gasteiger partial charge on any atom is 0.306 e. The number of pyridine rings is 1. The van der Waals surface area contributed by atoms with E-state index in [0.717, 1.165) is 22.8 Å². The van der Waals surface area contributed by atoms with Crippen LogP contribution in [0.4, 0.5) is 0 Å². The average molecular weight is 213 g/mol. The first-order valence-corrected chi connectivity index (χ1v) is 5.37. The monoisotopic (exact) mass is 213 g/mol. The van der Waals surface area contributed by atoms with Gasteiger partial charge in [0.15, 0.2) is 0 Å². The molecule has 0 N–H and O–H groups in total. The predicted molar refractivity (Wildman–Crippen MR) is 59.8 cm³/mol. The van der Waals surface area contributed by atoms with Crippen molar-refractivity contribution in [2.45, 2.75) is 18.9 Å². The Morgan fingerprint density at radius 3 is 2.94 bits per heavy atom. The molecule has 1 fully saturated rings. The Balaban J connectivity index is 2.13. The number of aromatic nitrogens is 1. The molecule has 2 heterocycles. The van der Waals surface area contributed by atoms with Gasteiger partial charge in [0.1, 0.15) is 6.10 Å². The van der Waals surface area contributed by atoms with Gasteiger partial charge in [-0.1, -0.05) is 24.3 Å². The van der Waals surface area contributed by atoms with Crippen molar-refractivity contribution in [3.8, 4) is 0 Å². The van der Waals surface area contributed by atoms with Crippen molar-refractivity contribution in [3.05, 3.63) is 42.2 Å². The first-order chi connectivity index (χ1) is 7.84. The van der Waals surface area contributed by atoms with Gasteiger partial charge in [-0.15, -0.1) is 0 Å². The van der Waals surface area contributed by atoms with Crippen LogP contribution in [0.1, 0.15) is 24.5 Å². The summed E-state index contributed by atoms with van der Waals surface area (Å²) in [6.07, 6.45) is 4.77. The van der Waals surface area contributed by atoms with Gasteiger partial charge in [0.05, 0.1) is 0 Å². The van der Waals surface area contributed by atoms with Gasteiger partial charge < -0.3 is 4.74 Å². The van der Waals surface area contributed by atoms with Gasteiger partial charge in [-0.25, -0.2) is 0 Å². The summed E-state index contributed by atoms with van der Waals surface area (Å²) in [6, 6.07) is 8.03. The van der Waals surface area contributed by atoms with E-state index in [4.69, 9.17) is 4.74 Å². The standard InChI is InChI=1S/C13H11NO2/c15-13-6-5-12(16-13)11-8-14-7-9-3-1-2-4-10(9)11/h1-4,7-8,12H,5-6H2. The third-order valence-electron chi connectivity index (χ3n) is 2.93. The van der Waals surface area contributed by atoms with E-state index in [1.807, 2.05) is 30.5 Å². The highest BCUT2D eigenvalue weighted by molar-refractivity contribution is 5.85. The number of esters is 1. The first-order valence-electron chi connectivity index (χ1n) is 5.37. The Bertz CT molecular complexity index is 545. The van der Waals surface area contributed by atoms with Crippen molar-refractivity contribution in [2.24, 2.45) is 0 Å². The zero-order valence-electron chi connectivity index (χ0n) is 8.72. The summed E-state index contributed by atoms with van der Waals surface area (Å²) in [5.41, 5.74) is 1.02. The third kappa shape index (κ3) is 1.45. The second-order valence-corrected chi connectivity index (χ2v) is 3.97. The Labute approximate surface area is 93.1 Å². The summed E-state index contributed by atoms with van der Waals surface area (Å²) >= 11 is 0. The highest BCUT2D eigenvalue weighted by Gasteiger charge is 2.26. The van der Waals surface area contributed by atoms with E-state index in [0.29, 0.717) is 6.42 Å². The molecule has 0 aliphatic carbocycles. The maximum atomic E-state index is 11.1. The largest absolute Gasteiger partial charge is 0.457 e. The molecule has 0 spiro atoms. The van der Waals surface area contributed by atoms with Crippen LogP contribution in [0.5, 0.6) is 0 Å². The number of fused-ring (bicyclic) bond motifs is 1. The van der Waals surface area contributed by atoms with Gasteiger partial charge >= 0.3 is 5.97 Å². The fourth-order valence-corrected chi connectivity index (χ4v) is 2.14. The molecule has 3 rings (SSSR count). The molecule has 0 bridgehead atoms. The molecule has 1 saturated heterocycles. The molecule has 3 heteroatoms. The van der Waals surface area contributed by atoms with Crippen LogP contribution in [0.15, 0.2) is 36.7 Å². The maximum absolute atomic E-state index is 11.1. The molecule has 2 aromatic rings. The van der Waals surface area contributed by atoms with Crippen LogP contribution in [0.2, 0.25) is 0 Å². The lowest BCUT2D eigenvalue weighted by Gasteiger charge is -2.11. The predicted octanol–water partition coefficient (Wildman–Crippen LogP) is 2.61. The van der Waals surface area contributed by atoms with E-state index in [1.165, 1.54) is 0 Å². The van der Waals surface area contributed by atoms with Gasteiger partial charge in [0.25, 0.3) is 0 Å². The van der Waals surface area contributed by atoms with Crippen molar-refractivity contribution in [3.63, 3.8) is 0 Å². The Morgan fingerprint density at radius 2 is 2.12 bits per heavy atom. The highest BCUT2D eigenvalue weighted by Crippen LogP contribution is 2.33. The number of carbonyl (C=O) groups is 1. The third-order valence-corrected chi connectivity index (χ3v) is 2.93. The molecule has 1 aliphatic rings. The molecule has 1 unspecified atom stereocenters. The van der Waals surface area contributed by atoms with E-state index in [-0.39, 0.29) is 12.1 Å². The minimum absolute atomic E-state index is 0.113. The first kappa shape index (κ1) is 9.33. The van der Waals surface area contributed by atoms with Crippen LogP contribution in [-0.2, 0) is 9.53 Å². The molecule has 0 saturated carbocycles. The molecule has 1 atom stereocenters. The van der Waals surface area contributed by atoms with E-state index >= 15 is 0 Å². The number of carbonyl (C=O) groups excluding carboxylic acids is 1. The molecule has 1 aromatic heterocycles. The normalized spacial score (nSPS) is 20.0. The summed E-state index contributed by atoms with van der Waals surface area (Å²) < 4.78 is 5.28. The Kier molecular flexibility index (Phi) is 2.10. The number of rotatable bonds is 1. The van der Waals surface area contributed by atoms with E-state index < -0.39 is 0 Å². The minimum atomic E-state index is -0.119. The molecule has 16 heavy (non-hydrogen) atoms. The number of hydrogen-bond donors (Lipinski definition) is 0. The van der Waals surface area contributed by atoms with Crippen molar-refractivity contribution in [2.75, 3.05) is 0 Å². The Hall–Kier alpha value is -1.90. The SMILES string of the molecule is O=C1CCC(c2cncc3ccccc23)O1. The Morgan fingerprint density at radius 1 is 1.25 bits per heavy atom. The summed E-state index contributed by atoms with van der Waals surface area (Å²) in [5.74, 6) is -0.113. The number of benzene rings is 1. The number of hydrogen-bond acceptors (Lipinski definition) is 3. The second-order valence-electron chi connectivity index (χ2n) is 3.97. The van der Waals surface area contributed by atoms with Gasteiger partial charge in [-0.2, -0.15) is 0 Å². The molecule has 0 radical (unpaired) electrons. The lowest BCUT2D eigenvalue weighted by molar-refractivity contribution is -0.141. The highest BCUT2D eigenvalue weighted by atomic mass is 16.5. The molecule has 3 nitrogen and oxygen atoms in total. The van der Waals surface area contributed by atoms with E-state index in [1.54, 1.807) is 6.20 Å². The summed E-state index contributed by atoms with van der Waals surface area (Å²) in [7, 11) is 0. The number of cyclic esters (lactones) is 1. The van der Waals surface area contributed by atoms with Crippen molar-refractivity contribution in [1.82, 2.24) is 4.98 Å². The zero-order chi connectivity index (χ0) is 11.0. The van der Waals surface area contributed by atoms with Crippen LogP contribution in [0.3, 0.4) is 0 Å². The number of nitrogens with zero attached hydrogens (tertiary/aromatic N) is 1. The summed E-state index contributed by atoms with van der Waals surface area (Å²) in [5, 5.41) is 2.21. The van der Waals surface area contributed by atoms with Crippen molar-refractivity contribution in [1.29, 1.82) is 0 Å². The van der Waals surface area contributed by atoms with Gasteiger partial charge in [0.2, 0.25) is 0 Å². The molecular weight excluding hydrogens is 202 g/mol. The van der Waals surface area contributed by atoms with Gasteiger partial charge in [-0.05, 0) is 11.8 Å². The van der Waals surface area contributed by atoms with Crippen molar-refractivity contribution < 1.29 is 9.53 Å². The number of ether oxygens (including phenoxy) is 1. The van der Waals surface area contributed by atoms with Crippen LogP contribution in [0, 0.1) is 0 Å². The topological polar surface area (TPSA) is 39.2 Å². The fourth-order valence-electron chi connectivity index (χ4n) is 2.14. The zero-order valence-corrected chi connectivity index (χ0v) is 8.72. The minimum Gasteiger partial charge on any atom is -0.457 e. The van der Waals surface area contributed by atoms with E-state index in [2.05, 4.69) is 4.98 Å². The van der Waals surface area contributed by atoms with E-state index in [9.17, 15) is 4.79 Å². The molecule has 1 aromatic carbocycles. The average Bonchev–Trinajstić information content (AvgIpc) is 2.75. The van der Waals surface area contributed by atoms with Crippen LogP contribution in [0.25, 0.3) is 10.8 Å². The van der Waals surface area contributed by atoms with Crippen LogP contribution < -0.4 is 0 Å². The van der Waals surface area contributed by atoms with Crippen molar-refractivity contribution >= 4 is 16.7 Å². The second kappa shape index (κ2) is 3.59. The molecule has 0 amide bonds. The smallest absolute Gasteiger partial charge is 0.306 e. The lowest BCUT2D eigenvalue weighted by atomic mass is 10.0. The molecular formula is C13H11NO2. The van der Waals surface area contributed by atoms with Crippen LogP contribution >= 0.6 is 0 Å². The quantitative estimate of drug-likeness (QED) is 0.683. The molecule has 80 valence electrons. The summed E-state index contributed by atoms with van der Waals surface area (Å²) in [4.78, 5) is 15.3. The summed E-state index contributed by atoms with van der Waals surface area (Å²) in [6.45, 7) is 0. The van der Waals surface area contributed by atoms with Gasteiger partial charge in [-0.3, -0.25) is 9.78 Å². The fraction of sp³-hybridized carbons (Fsp3) is 0.231. The van der Waals surface area contributed by atoms with Crippen LogP contribution in [-0.4, -0.2) is 11.0 Å². The lowest BCUT2D eigenvalue weighted by Crippen LogP contribution is -2.00. The van der Waals surface area contributed by atoms with Gasteiger partial charge in [0, 0.05) is 29.8 Å².